The summed E-state index contributed by atoms with van der Waals surface area (Å²) in [6, 6.07) is 5.44. The molecular weight excluding hydrogens is 236 g/mol. The summed E-state index contributed by atoms with van der Waals surface area (Å²) in [7, 11) is 0. The summed E-state index contributed by atoms with van der Waals surface area (Å²) in [5.41, 5.74) is 3.15. The Hall–Kier alpha value is -1.95. The summed E-state index contributed by atoms with van der Waals surface area (Å²) in [6.07, 6.45) is 1.69. The van der Waals surface area contributed by atoms with Gasteiger partial charge in [0.2, 0.25) is 5.95 Å². The third kappa shape index (κ3) is 3.25. The van der Waals surface area contributed by atoms with Crippen LogP contribution in [0.1, 0.15) is 15.4 Å². The van der Waals surface area contributed by atoms with Crippen LogP contribution < -0.4 is 11.0 Å². The van der Waals surface area contributed by atoms with Crippen LogP contribution in [0.25, 0.3) is 0 Å². The molecule has 2 heterocycles. The molecular formula is C11H12N4OS. The van der Waals surface area contributed by atoms with Crippen LogP contribution >= 0.6 is 11.3 Å². The Morgan fingerprint density at radius 2 is 2.29 bits per heavy atom. The van der Waals surface area contributed by atoms with E-state index in [9.17, 15) is 4.79 Å². The molecule has 0 aliphatic heterocycles. The number of hydrogen-bond donors (Lipinski definition) is 2. The van der Waals surface area contributed by atoms with Gasteiger partial charge >= 0.3 is 0 Å². The number of aromatic amines is 1. The Balaban J connectivity index is 2.07. The zero-order valence-corrected chi connectivity index (χ0v) is 10.3. The molecule has 0 aromatic carbocycles. The van der Waals surface area contributed by atoms with Crippen LogP contribution in [0.4, 0.5) is 5.95 Å². The largest absolute Gasteiger partial charge is 0.291 e. The maximum Gasteiger partial charge on any atom is 0.252 e. The van der Waals surface area contributed by atoms with Gasteiger partial charge in [-0.2, -0.15) is 5.10 Å². The van der Waals surface area contributed by atoms with E-state index in [-0.39, 0.29) is 5.56 Å². The molecule has 2 aromatic heterocycles. The summed E-state index contributed by atoms with van der Waals surface area (Å²) in [6.45, 7) is 3.79. The van der Waals surface area contributed by atoms with E-state index < -0.39 is 0 Å². The minimum absolute atomic E-state index is 0.192. The van der Waals surface area contributed by atoms with Gasteiger partial charge < -0.3 is 0 Å². The number of H-pyrrole nitrogens is 1. The van der Waals surface area contributed by atoms with Crippen molar-refractivity contribution in [3.8, 4) is 0 Å². The van der Waals surface area contributed by atoms with E-state index >= 15 is 0 Å². The van der Waals surface area contributed by atoms with Gasteiger partial charge in [0, 0.05) is 21.5 Å². The van der Waals surface area contributed by atoms with Crippen molar-refractivity contribution >= 4 is 23.5 Å². The second kappa shape index (κ2) is 4.92. The molecule has 88 valence electrons. The molecule has 0 radical (unpaired) electrons. The third-order valence-corrected chi connectivity index (χ3v) is 2.93. The molecule has 5 nitrogen and oxygen atoms in total. The maximum atomic E-state index is 11.2. The second-order valence-electron chi connectivity index (χ2n) is 3.55. The maximum absolute atomic E-state index is 11.2. The van der Waals surface area contributed by atoms with Gasteiger partial charge in [-0.1, -0.05) is 0 Å². The number of aryl methyl sites for hydroxylation is 2. The van der Waals surface area contributed by atoms with Gasteiger partial charge in [-0.25, -0.2) is 10.4 Å². The summed E-state index contributed by atoms with van der Waals surface area (Å²) in [5.74, 6) is 0.347. The monoisotopic (exact) mass is 248 g/mol. The van der Waals surface area contributed by atoms with Crippen molar-refractivity contribution < 1.29 is 0 Å². The Morgan fingerprint density at radius 1 is 1.47 bits per heavy atom. The molecule has 0 aliphatic carbocycles. The quantitative estimate of drug-likeness (QED) is 0.643. The van der Waals surface area contributed by atoms with E-state index in [1.807, 2.05) is 19.1 Å². The number of aromatic nitrogens is 2. The highest BCUT2D eigenvalue weighted by Crippen LogP contribution is 2.12. The third-order valence-electron chi connectivity index (χ3n) is 1.99. The van der Waals surface area contributed by atoms with Crippen molar-refractivity contribution in [1.29, 1.82) is 0 Å². The van der Waals surface area contributed by atoms with Crippen LogP contribution in [0.2, 0.25) is 0 Å². The summed E-state index contributed by atoms with van der Waals surface area (Å²) in [5, 5.41) is 4.01. The molecule has 0 saturated carbocycles. The number of hydrazone groups is 1. The molecule has 6 heteroatoms. The average molecular weight is 248 g/mol. The van der Waals surface area contributed by atoms with E-state index in [0.29, 0.717) is 11.6 Å². The lowest BCUT2D eigenvalue weighted by Gasteiger charge is -1.98. The molecule has 0 bridgehead atoms. The highest BCUT2D eigenvalue weighted by molar-refractivity contribution is 7.13. The summed E-state index contributed by atoms with van der Waals surface area (Å²) < 4.78 is 0. The fraction of sp³-hybridized carbons (Fsp3) is 0.182. The number of rotatable bonds is 3. The van der Waals surface area contributed by atoms with Crippen LogP contribution in [-0.2, 0) is 0 Å². The van der Waals surface area contributed by atoms with Crippen molar-refractivity contribution in [3.05, 3.63) is 44.0 Å². The smallest absolute Gasteiger partial charge is 0.252 e. The van der Waals surface area contributed by atoms with Crippen molar-refractivity contribution in [2.75, 3.05) is 5.43 Å². The average Bonchev–Trinajstić information content (AvgIpc) is 2.63. The molecule has 2 N–H and O–H groups in total. The van der Waals surface area contributed by atoms with Gasteiger partial charge in [0.25, 0.3) is 5.56 Å². The van der Waals surface area contributed by atoms with Gasteiger partial charge in [0.1, 0.15) is 0 Å². The van der Waals surface area contributed by atoms with E-state index in [0.717, 1.165) is 4.88 Å². The number of anilines is 1. The first-order valence-corrected chi connectivity index (χ1v) is 5.88. The number of nitrogens with one attached hydrogen (secondary N) is 2. The molecule has 0 atom stereocenters. The highest BCUT2D eigenvalue weighted by Gasteiger charge is 1.95. The van der Waals surface area contributed by atoms with Crippen molar-refractivity contribution in [2.45, 2.75) is 13.8 Å². The minimum Gasteiger partial charge on any atom is -0.291 e. The first-order valence-electron chi connectivity index (χ1n) is 5.07. The van der Waals surface area contributed by atoms with Crippen LogP contribution in [0.15, 0.2) is 28.1 Å². The molecule has 0 unspecified atom stereocenters. The molecule has 0 fully saturated rings. The van der Waals surface area contributed by atoms with Gasteiger partial charge in [0.05, 0.1) is 6.21 Å². The normalized spacial score (nSPS) is 10.9. The van der Waals surface area contributed by atoms with Gasteiger partial charge in [-0.15, -0.1) is 11.3 Å². The molecule has 0 aliphatic rings. The van der Waals surface area contributed by atoms with Crippen LogP contribution in [0.3, 0.4) is 0 Å². The number of thiophene rings is 1. The van der Waals surface area contributed by atoms with Crippen LogP contribution in [0, 0.1) is 13.8 Å². The van der Waals surface area contributed by atoms with Crippen molar-refractivity contribution in [2.24, 2.45) is 5.10 Å². The lowest BCUT2D eigenvalue weighted by Crippen LogP contribution is -2.10. The van der Waals surface area contributed by atoms with Gasteiger partial charge in [0.15, 0.2) is 0 Å². The number of nitrogens with zero attached hydrogens (tertiary/aromatic N) is 2. The zero-order valence-electron chi connectivity index (χ0n) is 9.52. The molecule has 0 amide bonds. The van der Waals surface area contributed by atoms with Crippen LogP contribution in [-0.4, -0.2) is 16.2 Å². The lowest BCUT2D eigenvalue weighted by atomic mass is 10.4. The fourth-order valence-electron chi connectivity index (χ4n) is 1.31. The predicted molar refractivity (Wildman–Crippen MR) is 69.9 cm³/mol. The van der Waals surface area contributed by atoms with E-state index in [1.165, 1.54) is 10.9 Å². The standard InChI is InChI=1S/C11H12N4OS/c1-7-5-10(16)14-11(13-7)15-12-6-9-4-3-8(2)17-9/h3-6H,1-2H3,(H2,13,14,15,16)/b12-6-. The minimum atomic E-state index is -0.192. The second-order valence-corrected chi connectivity index (χ2v) is 4.87. The first kappa shape index (κ1) is 11.5. The molecule has 2 rings (SSSR count). The first-order chi connectivity index (χ1) is 8.13. The molecule has 17 heavy (non-hydrogen) atoms. The zero-order chi connectivity index (χ0) is 12.3. The van der Waals surface area contributed by atoms with E-state index in [1.54, 1.807) is 24.5 Å². The summed E-state index contributed by atoms with van der Waals surface area (Å²) in [4.78, 5) is 20.1. The highest BCUT2D eigenvalue weighted by atomic mass is 32.1. The topological polar surface area (TPSA) is 70.1 Å². The Bertz CT molecular complexity index is 600. The molecule has 0 saturated heterocycles. The van der Waals surface area contributed by atoms with Crippen molar-refractivity contribution in [1.82, 2.24) is 9.97 Å². The Morgan fingerprint density at radius 3 is 2.94 bits per heavy atom. The lowest BCUT2D eigenvalue weighted by molar-refractivity contribution is 1.04. The predicted octanol–water partition coefficient (Wildman–Crippen LogP) is 1.89. The van der Waals surface area contributed by atoms with Gasteiger partial charge in [-0.3, -0.25) is 9.78 Å². The Labute approximate surface area is 102 Å². The van der Waals surface area contributed by atoms with Crippen molar-refractivity contribution in [3.63, 3.8) is 0 Å². The van der Waals surface area contributed by atoms with E-state index in [2.05, 4.69) is 20.5 Å². The van der Waals surface area contributed by atoms with E-state index in [4.69, 9.17) is 0 Å². The number of hydrogen-bond acceptors (Lipinski definition) is 5. The molecule has 2 aromatic rings. The van der Waals surface area contributed by atoms with Gasteiger partial charge in [-0.05, 0) is 26.0 Å². The summed E-state index contributed by atoms with van der Waals surface area (Å²) >= 11 is 1.65. The Kier molecular flexibility index (Phi) is 3.34. The fourth-order valence-corrected chi connectivity index (χ4v) is 2.06. The molecule has 0 spiro atoms. The van der Waals surface area contributed by atoms with Crippen LogP contribution in [0.5, 0.6) is 0 Å². The SMILES string of the molecule is Cc1cc(=O)[nH]c(N/N=C\c2ccc(C)s2)n1.